The lowest BCUT2D eigenvalue weighted by molar-refractivity contribution is 0.0841. The number of hydrogen-bond donors (Lipinski definition) is 2. The second-order valence-corrected chi connectivity index (χ2v) is 5.15. The molecule has 1 aliphatic heterocycles. The summed E-state index contributed by atoms with van der Waals surface area (Å²) in [5.74, 6) is 0.444. The van der Waals surface area contributed by atoms with E-state index in [0.717, 1.165) is 0 Å². The van der Waals surface area contributed by atoms with Crippen LogP contribution in [0.3, 0.4) is 0 Å². The minimum Gasteiger partial charge on any atom is -0.507 e. The van der Waals surface area contributed by atoms with Gasteiger partial charge in [-0.2, -0.15) is 0 Å². The van der Waals surface area contributed by atoms with Crippen molar-refractivity contribution in [3.05, 3.63) is 41.5 Å². The van der Waals surface area contributed by atoms with Gasteiger partial charge in [-0.05, 0) is 6.07 Å². The van der Waals surface area contributed by atoms with Crippen LogP contribution in [-0.4, -0.2) is 30.2 Å². The molecule has 2 aromatic rings. The van der Waals surface area contributed by atoms with E-state index in [-0.39, 0.29) is 40.8 Å². The highest BCUT2D eigenvalue weighted by atomic mass is 16.5. The van der Waals surface area contributed by atoms with Crippen molar-refractivity contribution in [1.29, 1.82) is 0 Å². The van der Waals surface area contributed by atoms with Crippen LogP contribution in [-0.2, 0) is 0 Å². The number of carbonyl (C=O) groups excluding carboxylic acids is 1. The van der Waals surface area contributed by atoms with E-state index in [1.54, 1.807) is 18.2 Å². The van der Waals surface area contributed by atoms with Gasteiger partial charge in [0.2, 0.25) is 0 Å². The number of carbonyl (C=O) groups is 1. The first-order chi connectivity index (χ1) is 11.0. The van der Waals surface area contributed by atoms with Crippen LogP contribution in [0.2, 0.25) is 0 Å². The zero-order valence-corrected chi connectivity index (χ0v) is 12.7. The summed E-state index contributed by atoms with van der Waals surface area (Å²) in [5, 5.41) is 19.9. The van der Waals surface area contributed by atoms with Crippen molar-refractivity contribution in [3.8, 4) is 28.7 Å². The fourth-order valence-electron chi connectivity index (χ4n) is 2.72. The normalized spacial score (nSPS) is 16.4. The Morgan fingerprint density at radius 3 is 2.61 bits per heavy atom. The van der Waals surface area contributed by atoms with Crippen molar-refractivity contribution in [3.63, 3.8) is 0 Å². The molecule has 6 nitrogen and oxygen atoms in total. The molecule has 23 heavy (non-hydrogen) atoms. The molecular formula is C17H16O6. The SMILES string of the molecule is COc1cc(O)c2c(c1)OC(c1cccc(O)c1OC)CC2=O. The summed E-state index contributed by atoms with van der Waals surface area (Å²) in [4.78, 5) is 12.4. The van der Waals surface area contributed by atoms with Gasteiger partial charge in [0.1, 0.15) is 28.9 Å². The average Bonchev–Trinajstić information content (AvgIpc) is 2.53. The highest BCUT2D eigenvalue weighted by molar-refractivity contribution is 6.02. The van der Waals surface area contributed by atoms with Gasteiger partial charge in [0, 0.05) is 17.7 Å². The number of aromatic hydroxyl groups is 2. The molecule has 1 atom stereocenters. The third-order valence-electron chi connectivity index (χ3n) is 3.79. The number of fused-ring (bicyclic) bond motifs is 1. The maximum absolute atomic E-state index is 12.4. The van der Waals surface area contributed by atoms with Crippen molar-refractivity contribution in [2.75, 3.05) is 14.2 Å². The summed E-state index contributed by atoms with van der Waals surface area (Å²) in [7, 11) is 2.90. The maximum Gasteiger partial charge on any atom is 0.174 e. The predicted octanol–water partition coefficient (Wildman–Crippen LogP) is 2.82. The van der Waals surface area contributed by atoms with Crippen LogP contribution in [0.1, 0.15) is 28.4 Å². The number of para-hydroxylation sites is 1. The first kappa shape index (κ1) is 15.0. The first-order valence-electron chi connectivity index (χ1n) is 7.02. The number of ketones is 1. The van der Waals surface area contributed by atoms with Crippen molar-refractivity contribution in [2.24, 2.45) is 0 Å². The largest absolute Gasteiger partial charge is 0.507 e. The van der Waals surface area contributed by atoms with Crippen LogP contribution in [0.4, 0.5) is 0 Å². The zero-order valence-electron chi connectivity index (χ0n) is 12.7. The zero-order chi connectivity index (χ0) is 16.6. The van der Waals surface area contributed by atoms with E-state index in [1.807, 2.05) is 0 Å². The Morgan fingerprint density at radius 1 is 1.13 bits per heavy atom. The minimum absolute atomic E-state index is 0.0275. The van der Waals surface area contributed by atoms with E-state index in [2.05, 4.69) is 0 Å². The summed E-state index contributed by atoms with van der Waals surface area (Å²) in [6.45, 7) is 0. The monoisotopic (exact) mass is 316 g/mol. The predicted molar refractivity (Wildman–Crippen MR) is 81.6 cm³/mol. The minimum atomic E-state index is -0.622. The van der Waals surface area contributed by atoms with Crippen LogP contribution < -0.4 is 14.2 Å². The third-order valence-corrected chi connectivity index (χ3v) is 3.79. The van der Waals surface area contributed by atoms with Crippen LogP contribution >= 0.6 is 0 Å². The lowest BCUT2D eigenvalue weighted by Crippen LogP contribution is -2.21. The van der Waals surface area contributed by atoms with Gasteiger partial charge in [0.15, 0.2) is 17.3 Å². The van der Waals surface area contributed by atoms with Gasteiger partial charge in [-0.3, -0.25) is 4.79 Å². The highest BCUT2D eigenvalue weighted by Crippen LogP contribution is 2.44. The molecule has 0 fully saturated rings. The summed E-state index contributed by atoms with van der Waals surface area (Å²) in [6, 6.07) is 7.79. The van der Waals surface area contributed by atoms with Gasteiger partial charge in [0.25, 0.3) is 0 Å². The second-order valence-electron chi connectivity index (χ2n) is 5.15. The lowest BCUT2D eigenvalue weighted by atomic mass is 9.95. The number of hydrogen-bond acceptors (Lipinski definition) is 6. The molecule has 0 aliphatic carbocycles. The van der Waals surface area contributed by atoms with Gasteiger partial charge in [0.05, 0.1) is 20.6 Å². The number of Topliss-reactive ketones (excluding diaryl/α,β-unsaturated/α-hetero) is 1. The number of methoxy groups -OCH3 is 2. The van der Waals surface area contributed by atoms with Gasteiger partial charge < -0.3 is 24.4 Å². The third kappa shape index (κ3) is 2.52. The molecule has 0 saturated carbocycles. The smallest absolute Gasteiger partial charge is 0.174 e. The molecule has 1 unspecified atom stereocenters. The molecule has 0 bridgehead atoms. The molecule has 120 valence electrons. The summed E-state index contributed by atoms with van der Waals surface area (Å²) >= 11 is 0. The summed E-state index contributed by atoms with van der Waals surface area (Å²) in [5.41, 5.74) is 0.704. The standard InChI is InChI=1S/C17H16O6/c1-21-9-6-12(19)16-13(20)8-14(23-15(16)7-9)10-4-3-5-11(18)17(10)22-2/h3-7,14,18-19H,8H2,1-2H3. The van der Waals surface area contributed by atoms with E-state index in [1.165, 1.54) is 26.4 Å². The molecule has 2 N–H and O–H groups in total. The molecule has 0 spiro atoms. The van der Waals surface area contributed by atoms with Crippen molar-refractivity contribution >= 4 is 5.78 Å². The second kappa shape index (κ2) is 5.72. The quantitative estimate of drug-likeness (QED) is 0.905. The Kier molecular flexibility index (Phi) is 3.73. The highest BCUT2D eigenvalue weighted by Gasteiger charge is 2.32. The molecule has 1 heterocycles. The molecule has 0 amide bonds. The number of rotatable bonds is 3. The lowest BCUT2D eigenvalue weighted by Gasteiger charge is -2.27. The Balaban J connectivity index is 2.06. The Hall–Kier alpha value is -2.89. The molecule has 0 aromatic heterocycles. The molecule has 0 saturated heterocycles. The number of benzene rings is 2. The Labute approximate surface area is 132 Å². The van der Waals surface area contributed by atoms with Crippen molar-refractivity contribution in [1.82, 2.24) is 0 Å². The van der Waals surface area contributed by atoms with Crippen molar-refractivity contribution in [2.45, 2.75) is 12.5 Å². The van der Waals surface area contributed by atoms with E-state index in [9.17, 15) is 15.0 Å². The number of phenols is 2. The average molecular weight is 316 g/mol. The van der Waals surface area contributed by atoms with Gasteiger partial charge >= 0.3 is 0 Å². The first-order valence-corrected chi connectivity index (χ1v) is 7.02. The molecule has 3 rings (SSSR count). The Bertz CT molecular complexity index is 768. The summed E-state index contributed by atoms with van der Waals surface area (Å²) in [6.07, 6.45) is -0.587. The van der Waals surface area contributed by atoms with Gasteiger partial charge in [-0.1, -0.05) is 12.1 Å². The van der Waals surface area contributed by atoms with Crippen LogP contribution in [0, 0.1) is 0 Å². The van der Waals surface area contributed by atoms with Crippen LogP contribution in [0.25, 0.3) is 0 Å². The molecule has 2 aromatic carbocycles. The fourth-order valence-corrected chi connectivity index (χ4v) is 2.72. The summed E-state index contributed by atoms with van der Waals surface area (Å²) < 4.78 is 16.1. The van der Waals surface area contributed by atoms with Crippen molar-refractivity contribution < 1.29 is 29.2 Å². The number of ether oxygens (including phenoxy) is 3. The maximum atomic E-state index is 12.4. The Morgan fingerprint density at radius 2 is 1.91 bits per heavy atom. The van der Waals surface area contributed by atoms with Gasteiger partial charge in [-0.25, -0.2) is 0 Å². The topological polar surface area (TPSA) is 85.2 Å². The van der Waals surface area contributed by atoms with E-state index in [4.69, 9.17) is 14.2 Å². The molecule has 1 aliphatic rings. The van der Waals surface area contributed by atoms with Crippen LogP contribution in [0.5, 0.6) is 28.7 Å². The fraction of sp³-hybridized carbons (Fsp3) is 0.235. The van der Waals surface area contributed by atoms with E-state index < -0.39 is 6.10 Å². The van der Waals surface area contributed by atoms with Crippen LogP contribution in [0.15, 0.2) is 30.3 Å². The van der Waals surface area contributed by atoms with Gasteiger partial charge in [-0.15, -0.1) is 0 Å². The molecule has 6 heteroatoms. The van der Waals surface area contributed by atoms with E-state index in [0.29, 0.717) is 11.3 Å². The number of phenolic OH excluding ortho intramolecular Hbond substituents is 2. The van der Waals surface area contributed by atoms with E-state index >= 15 is 0 Å². The molecule has 0 radical (unpaired) electrons. The molecular weight excluding hydrogens is 300 g/mol.